The van der Waals surface area contributed by atoms with Crippen LogP contribution >= 0.6 is 0 Å². The van der Waals surface area contributed by atoms with Crippen LogP contribution < -0.4 is 10.6 Å². The zero-order valence-corrected chi connectivity index (χ0v) is 16.7. The first kappa shape index (κ1) is 19.5. The Kier molecular flexibility index (Phi) is 6.03. The van der Waals surface area contributed by atoms with Crippen molar-refractivity contribution >= 4 is 11.7 Å². The lowest BCUT2D eigenvalue weighted by Crippen LogP contribution is -2.30. The largest absolute Gasteiger partial charge is 0.369 e. The first-order valence-corrected chi connectivity index (χ1v) is 9.47. The molecular formula is C21H26N6O. The molecule has 1 atom stereocenters. The minimum absolute atomic E-state index is 0.0856. The van der Waals surface area contributed by atoms with Crippen LogP contribution in [0.2, 0.25) is 0 Å². The van der Waals surface area contributed by atoms with Crippen molar-refractivity contribution < 1.29 is 4.79 Å². The topological polar surface area (TPSA) is 84.7 Å². The second kappa shape index (κ2) is 8.65. The number of nitrogens with zero attached hydrogens (tertiary/aromatic N) is 4. The Labute approximate surface area is 165 Å². The van der Waals surface area contributed by atoms with Gasteiger partial charge in [0.05, 0.1) is 17.4 Å². The third-order valence-corrected chi connectivity index (χ3v) is 4.49. The van der Waals surface area contributed by atoms with Crippen LogP contribution in [0.3, 0.4) is 0 Å². The summed E-state index contributed by atoms with van der Waals surface area (Å²) in [6, 6.07) is 13.3. The summed E-state index contributed by atoms with van der Waals surface area (Å²) in [6.07, 6.45) is 0. The van der Waals surface area contributed by atoms with Gasteiger partial charge in [0.2, 0.25) is 0 Å². The number of anilines is 1. The number of benzene rings is 1. The third kappa shape index (κ3) is 4.54. The molecule has 2 aromatic heterocycles. The molecule has 3 rings (SSSR count). The van der Waals surface area contributed by atoms with Crippen LogP contribution in [-0.2, 0) is 0 Å². The molecule has 2 N–H and O–H groups in total. The van der Waals surface area contributed by atoms with Crippen molar-refractivity contribution in [2.45, 2.75) is 33.7 Å². The second-order valence-corrected chi connectivity index (χ2v) is 6.84. The Hall–Kier alpha value is -3.22. The molecule has 0 radical (unpaired) electrons. The summed E-state index contributed by atoms with van der Waals surface area (Å²) in [5, 5.41) is 18.9. The Balaban J connectivity index is 1.61. The van der Waals surface area contributed by atoms with Gasteiger partial charge in [-0.3, -0.25) is 9.48 Å². The van der Waals surface area contributed by atoms with Crippen molar-refractivity contribution in [2.75, 3.05) is 18.4 Å². The Morgan fingerprint density at radius 2 is 1.86 bits per heavy atom. The smallest absolute Gasteiger partial charge is 0.251 e. The summed E-state index contributed by atoms with van der Waals surface area (Å²) < 4.78 is 1.94. The molecule has 0 saturated carbocycles. The van der Waals surface area contributed by atoms with Crippen molar-refractivity contribution in [1.29, 1.82) is 0 Å². The van der Waals surface area contributed by atoms with Gasteiger partial charge >= 0.3 is 0 Å². The summed E-state index contributed by atoms with van der Waals surface area (Å²) in [7, 11) is 0. The minimum Gasteiger partial charge on any atom is -0.369 e. The van der Waals surface area contributed by atoms with E-state index >= 15 is 0 Å². The molecule has 0 saturated heterocycles. The van der Waals surface area contributed by atoms with Crippen LogP contribution in [0.1, 0.15) is 41.6 Å². The van der Waals surface area contributed by atoms with Crippen molar-refractivity contribution in [3.8, 4) is 11.3 Å². The number of amides is 1. The number of carbonyl (C=O) groups excluding carboxylic acids is 1. The Bertz CT molecular complexity index is 931. The fourth-order valence-electron chi connectivity index (χ4n) is 3.08. The fourth-order valence-corrected chi connectivity index (χ4v) is 3.08. The summed E-state index contributed by atoms with van der Waals surface area (Å²) in [5.74, 6) is 0.646. The van der Waals surface area contributed by atoms with Crippen LogP contribution in [-0.4, -0.2) is 39.0 Å². The minimum atomic E-state index is -0.103. The standard InChI is InChI=1S/C21H26N6O/c1-5-22-20-11-10-19(24-25-20)17-6-8-18(9-7-17)21(28)23-13-16(4)27-15(3)12-14(2)26-27/h6-12,16H,5,13H2,1-4H3,(H,22,25)(H,23,28). The van der Waals surface area contributed by atoms with Crippen molar-refractivity contribution in [3.63, 3.8) is 0 Å². The summed E-state index contributed by atoms with van der Waals surface area (Å²) in [4.78, 5) is 12.5. The quantitative estimate of drug-likeness (QED) is 0.658. The van der Waals surface area contributed by atoms with Crippen molar-refractivity contribution in [3.05, 3.63) is 59.4 Å². The molecule has 3 aromatic rings. The molecule has 7 heteroatoms. The van der Waals surface area contributed by atoms with E-state index in [1.54, 1.807) is 12.1 Å². The fraction of sp³-hybridized carbons (Fsp3) is 0.333. The molecule has 28 heavy (non-hydrogen) atoms. The molecular weight excluding hydrogens is 352 g/mol. The number of rotatable bonds is 7. The molecule has 2 heterocycles. The van der Waals surface area contributed by atoms with E-state index in [0.717, 1.165) is 35.0 Å². The van der Waals surface area contributed by atoms with Gasteiger partial charge in [0, 0.05) is 29.9 Å². The maximum atomic E-state index is 12.5. The summed E-state index contributed by atoms with van der Waals surface area (Å²) in [6.45, 7) is 9.35. The number of hydrogen-bond donors (Lipinski definition) is 2. The maximum Gasteiger partial charge on any atom is 0.251 e. The number of aromatic nitrogens is 4. The van der Waals surface area contributed by atoms with E-state index < -0.39 is 0 Å². The molecule has 0 aliphatic carbocycles. The molecule has 0 spiro atoms. The lowest BCUT2D eigenvalue weighted by atomic mass is 10.1. The van der Waals surface area contributed by atoms with E-state index in [9.17, 15) is 4.79 Å². The van der Waals surface area contributed by atoms with Crippen LogP contribution in [0.15, 0.2) is 42.5 Å². The Morgan fingerprint density at radius 3 is 2.43 bits per heavy atom. The van der Waals surface area contributed by atoms with Gasteiger partial charge in [-0.25, -0.2) is 0 Å². The van der Waals surface area contributed by atoms with Crippen molar-refractivity contribution in [2.24, 2.45) is 0 Å². The summed E-state index contributed by atoms with van der Waals surface area (Å²) >= 11 is 0. The first-order valence-electron chi connectivity index (χ1n) is 9.47. The number of nitrogens with one attached hydrogen (secondary N) is 2. The lowest BCUT2D eigenvalue weighted by Gasteiger charge is -2.15. The van der Waals surface area contributed by atoms with E-state index in [2.05, 4.69) is 25.9 Å². The number of hydrogen-bond acceptors (Lipinski definition) is 5. The second-order valence-electron chi connectivity index (χ2n) is 6.84. The van der Waals surface area contributed by atoms with Gasteiger partial charge in [-0.1, -0.05) is 12.1 Å². The van der Waals surface area contributed by atoms with Gasteiger partial charge < -0.3 is 10.6 Å². The maximum absolute atomic E-state index is 12.5. The van der Waals surface area contributed by atoms with Gasteiger partial charge in [-0.05, 0) is 58.0 Å². The van der Waals surface area contributed by atoms with E-state index in [-0.39, 0.29) is 11.9 Å². The number of aryl methyl sites for hydroxylation is 2. The molecule has 0 fully saturated rings. The molecule has 1 unspecified atom stereocenters. The van der Waals surface area contributed by atoms with Gasteiger partial charge in [-0.15, -0.1) is 10.2 Å². The predicted octanol–water partition coefficient (Wildman–Crippen LogP) is 3.38. The van der Waals surface area contributed by atoms with E-state index in [1.807, 2.05) is 62.7 Å². The van der Waals surface area contributed by atoms with Gasteiger partial charge in [0.25, 0.3) is 5.91 Å². The van der Waals surface area contributed by atoms with Crippen LogP contribution in [0.5, 0.6) is 0 Å². The van der Waals surface area contributed by atoms with Crippen LogP contribution in [0.25, 0.3) is 11.3 Å². The van der Waals surface area contributed by atoms with Crippen molar-refractivity contribution in [1.82, 2.24) is 25.3 Å². The van der Waals surface area contributed by atoms with Gasteiger partial charge in [-0.2, -0.15) is 5.10 Å². The SMILES string of the molecule is CCNc1ccc(-c2ccc(C(=O)NCC(C)n3nc(C)cc3C)cc2)nn1. The zero-order chi connectivity index (χ0) is 20.1. The van der Waals surface area contributed by atoms with E-state index in [0.29, 0.717) is 12.1 Å². The first-order chi connectivity index (χ1) is 13.5. The highest BCUT2D eigenvalue weighted by atomic mass is 16.1. The number of carbonyl (C=O) groups is 1. The highest BCUT2D eigenvalue weighted by Gasteiger charge is 2.12. The molecule has 1 aromatic carbocycles. The molecule has 146 valence electrons. The third-order valence-electron chi connectivity index (χ3n) is 4.49. The zero-order valence-electron chi connectivity index (χ0n) is 16.7. The molecule has 1 amide bonds. The lowest BCUT2D eigenvalue weighted by molar-refractivity contribution is 0.0947. The molecule has 7 nitrogen and oxygen atoms in total. The van der Waals surface area contributed by atoms with Gasteiger partial charge in [0.15, 0.2) is 0 Å². The monoisotopic (exact) mass is 378 g/mol. The van der Waals surface area contributed by atoms with Crippen LogP contribution in [0, 0.1) is 13.8 Å². The normalized spacial score (nSPS) is 11.9. The molecule has 0 aliphatic heterocycles. The van der Waals surface area contributed by atoms with E-state index in [1.165, 1.54) is 0 Å². The molecule has 0 bridgehead atoms. The van der Waals surface area contributed by atoms with Crippen LogP contribution in [0.4, 0.5) is 5.82 Å². The average molecular weight is 378 g/mol. The average Bonchev–Trinajstić information content (AvgIpc) is 3.05. The highest BCUT2D eigenvalue weighted by Crippen LogP contribution is 2.18. The molecule has 0 aliphatic rings. The van der Waals surface area contributed by atoms with Gasteiger partial charge in [0.1, 0.15) is 5.82 Å². The summed E-state index contributed by atoms with van der Waals surface area (Å²) in [5.41, 5.74) is 4.37. The Morgan fingerprint density at radius 1 is 1.11 bits per heavy atom. The highest BCUT2D eigenvalue weighted by molar-refractivity contribution is 5.94. The predicted molar refractivity (Wildman–Crippen MR) is 110 cm³/mol. The van der Waals surface area contributed by atoms with E-state index in [4.69, 9.17) is 0 Å².